The molecule has 0 N–H and O–H groups in total. The molecule has 9 nitrogen and oxygen atoms in total. The Bertz CT molecular complexity index is 1440. The predicted molar refractivity (Wildman–Crippen MR) is 175 cm³/mol. The Labute approximate surface area is 273 Å². The maximum Gasteiger partial charge on any atom is 0.307 e. The monoisotopic (exact) mass is 633 g/mol. The largest absolute Gasteiger partial charge is 0.497 e. The first-order valence-electron chi connectivity index (χ1n) is 17.6. The average molecular weight is 634 g/mol. The number of hydrogen-bond donors (Lipinski definition) is 0. The van der Waals surface area contributed by atoms with Crippen LogP contribution in [0.5, 0.6) is 11.6 Å². The number of hydrogen-bond acceptors (Lipinski definition) is 8. The Morgan fingerprint density at radius 2 is 1.72 bits per heavy atom. The summed E-state index contributed by atoms with van der Waals surface area (Å²) in [5, 5.41) is 0. The summed E-state index contributed by atoms with van der Waals surface area (Å²) in [7, 11) is 1.62. The van der Waals surface area contributed by atoms with Gasteiger partial charge in [0.2, 0.25) is 11.8 Å². The van der Waals surface area contributed by atoms with Crippen molar-refractivity contribution in [1.29, 1.82) is 0 Å². The minimum absolute atomic E-state index is 0.0434. The van der Waals surface area contributed by atoms with Crippen molar-refractivity contribution in [2.45, 2.75) is 128 Å². The zero-order valence-corrected chi connectivity index (χ0v) is 28.1. The molecule has 1 aromatic carbocycles. The van der Waals surface area contributed by atoms with Crippen molar-refractivity contribution in [3.8, 4) is 11.6 Å². The van der Waals surface area contributed by atoms with Crippen molar-refractivity contribution in [3.63, 3.8) is 0 Å². The lowest BCUT2D eigenvalue weighted by Gasteiger charge is -2.42. The van der Waals surface area contributed by atoms with Gasteiger partial charge in [-0.3, -0.25) is 9.59 Å². The second-order valence-corrected chi connectivity index (χ2v) is 14.9. The number of rotatable bonds is 3. The van der Waals surface area contributed by atoms with Crippen LogP contribution in [0.25, 0.3) is 11.0 Å². The highest BCUT2D eigenvalue weighted by Crippen LogP contribution is 2.47. The number of benzene rings is 1. The molecular weight excluding hydrogens is 582 g/mol. The average Bonchev–Trinajstić information content (AvgIpc) is 3.56. The van der Waals surface area contributed by atoms with E-state index in [2.05, 4.69) is 13.8 Å². The zero-order chi connectivity index (χ0) is 32.5. The molecule has 250 valence electrons. The van der Waals surface area contributed by atoms with E-state index in [1.807, 2.05) is 25.1 Å². The topological polar surface area (TPSA) is 108 Å². The van der Waals surface area contributed by atoms with E-state index in [0.29, 0.717) is 29.5 Å². The molecule has 2 bridgehead atoms. The number of ether oxygens (including phenoxy) is 3. The van der Waals surface area contributed by atoms with Gasteiger partial charge in [0.05, 0.1) is 43.1 Å². The molecule has 46 heavy (non-hydrogen) atoms. The third kappa shape index (κ3) is 6.48. The molecule has 3 heterocycles. The summed E-state index contributed by atoms with van der Waals surface area (Å²) in [4.78, 5) is 52.6. The number of nitrogens with zero attached hydrogens (tertiary/aromatic N) is 3. The number of amides is 1. The molecule has 6 atom stereocenters. The van der Waals surface area contributed by atoms with Gasteiger partial charge in [-0.1, -0.05) is 46.0 Å². The van der Waals surface area contributed by atoms with Crippen molar-refractivity contribution in [1.82, 2.24) is 14.9 Å². The fourth-order valence-electron chi connectivity index (χ4n) is 8.81. The quantitative estimate of drug-likeness (QED) is 0.274. The van der Waals surface area contributed by atoms with Gasteiger partial charge < -0.3 is 23.9 Å². The maximum absolute atomic E-state index is 14.6. The smallest absolute Gasteiger partial charge is 0.307 e. The third-order valence-electron chi connectivity index (χ3n) is 11.9. The Morgan fingerprint density at radius 1 is 0.957 bits per heavy atom. The van der Waals surface area contributed by atoms with Crippen LogP contribution in [-0.2, 0) is 25.5 Å². The Balaban J connectivity index is 1.37. The van der Waals surface area contributed by atoms with Gasteiger partial charge in [-0.25, -0.2) is 9.97 Å². The lowest BCUT2D eigenvalue weighted by molar-refractivity contribution is -0.168. The first-order chi connectivity index (χ1) is 22.1. The molecule has 2 saturated carbocycles. The molecule has 3 fully saturated rings. The predicted octanol–water partition coefficient (Wildman–Crippen LogP) is 6.63. The zero-order valence-electron chi connectivity index (χ0n) is 28.1. The van der Waals surface area contributed by atoms with Crippen LogP contribution in [0.4, 0.5) is 0 Å². The van der Waals surface area contributed by atoms with Crippen molar-refractivity contribution in [3.05, 3.63) is 23.9 Å². The minimum Gasteiger partial charge on any atom is -0.497 e. The number of aldehydes is 1. The lowest BCUT2D eigenvalue weighted by Crippen LogP contribution is -2.48. The molecule has 0 unspecified atom stereocenters. The van der Waals surface area contributed by atoms with Gasteiger partial charge in [0.15, 0.2) is 0 Å². The fraction of sp³-hybridized carbons (Fsp3) is 0.703. The van der Waals surface area contributed by atoms with Gasteiger partial charge in [0, 0.05) is 12.0 Å². The van der Waals surface area contributed by atoms with Crippen LogP contribution in [0.3, 0.4) is 0 Å². The summed E-state index contributed by atoms with van der Waals surface area (Å²) in [6, 6.07) is 5.01. The highest BCUT2D eigenvalue weighted by atomic mass is 16.6. The van der Waals surface area contributed by atoms with Crippen molar-refractivity contribution in [2.75, 3.05) is 13.7 Å². The van der Waals surface area contributed by atoms with Crippen LogP contribution < -0.4 is 9.47 Å². The number of methoxy groups -OCH3 is 1. The molecular formula is C37H51N3O6. The van der Waals surface area contributed by atoms with Gasteiger partial charge in [-0.15, -0.1) is 0 Å². The van der Waals surface area contributed by atoms with E-state index in [1.54, 1.807) is 12.0 Å². The molecule has 1 aromatic heterocycles. The van der Waals surface area contributed by atoms with E-state index >= 15 is 0 Å². The normalized spacial score (nSPS) is 32.4. The Morgan fingerprint density at radius 3 is 2.48 bits per heavy atom. The van der Waals surface area contributed by atoms with E-state index in [1.165, 1.54) is 0 Å². The second-order valence-electron chi connectivity index (χ2n) is 14.9. The van der Waals surface area contributed by atoms with Gasteiger partial charge in [0.1, 0.15) is 29.4 Å². The van der Waals surface area contributed by atoms with E-state index < -0.39 is 23.7 Å². The first kappa shape index (κ1) is 32.7. The molecule has 2 aromatic rings. The van der Waals surface area contributed by atoms with Gasteiger partial charge in [0.25, 0.3) is 0 Å². The fourth-order valence-corrected chi connectivity index (χ4v) is 8.81. The highest BCUT2D eigenvalue weighted by molar-refractivity contribution is 5.87. The third-order valence-corrected chi connectivity index (χ3v) is 11.9. The number of carbonyl (C=O) groups excluding carboxylic acids is 3. The number of fused-ring (bicyclic) bond motifs is 5. The molecule has 2 aliphatic heterocycles. The van der Waals surface area contributed by atoms with Crippen molar-refractivity contribution >= 4 is 29.2 Å². The summed E-state index contributed by atoms with van der Waals surface area (Å²) >= 11 is 0. The van der Waals surface area contributed by atoms with E-state index in [0.717, 1.165) is 94.5 Å². The van der Waals surface area contributed by atoms with Crippen LogP contribution in [0.15, 0.2) is 18.2 Å². The van der Waals surface area contributed by atoms with E-state index in [9.17, 15) is 14.4 Å². The summed E-state index contributed by atoms with van der Waals surface area (Å²) in [6.45, 7) is 6.46. The van der Waals surface area contributed by atoms with Crippen molar-refractivity contribution in [2.24, 2.45) is 23.2 Å². The van der Waals surface area contributed by atoms with E-state index in [-0.39, 0.29) is 36.2 Å². The molecule has 0 radical (unpaired) electrons. The number of esters is 1. The number of carbonyl (C=O) groups is 3. The molecule has 9 heteroatoms. The second kappa shape index (κ2) is 13.5. The molecule has 2 aliphatic carbocycles. The summed E-state index contributed by atoms with van der Waals surface area (Å²) in [6.07, 6.45) is 13.1. The molecule has 1 saturated heterocycles. The van der Waals surface area contributed by atoms with Crippen LogP contribution in [0.1, 0.15) is 110 Å². The van der Waals surface area contributed by atoms with Gasteiger partial charge in [-0.05, 0) is 81.8 Å². The summed E-state index contributed by atoms with van der Waals surface area (Å²) in [5.41, 5.74) is 1.41. The Hall–Kier alpha value is -3.23. The first-order valence-corrected chi connectivity index (χ1v) is 17.6. The minimum atomic E-state index is -0.654. The lowest BCUT2D eigenvalue weighted by atomic mass is 9.65. The summed E-state index contributed by atoms with van der Waals surface area (Å²) < 4.78 is 18.4. The molecule has 4 aliphatic rings. The Kier molecular flexibility index (Phi) is 9.58. The molecule has 6 rings (SSSR count). The number of aryl methyl sites for hydroxylation is 1. The summed E-state index contributed by atoms with van der Waals surface area (Å²) in [5.74, 6) is 0.219. The highest BCUT2D eigenvalue weighted by Gasteiger charge is 2.50. The molecule has 0 spiro atoms. The van der Waals surface area contributed by atoms with E-state index in [4.69, 9.17) is 24.2 Å². The SMILES string of the molecule is COc1ccc2nc3c(nc2c1)O[C@H]1CN(C(=O)[C@H](C2(C)CCCCC2)CC(=O)O[C@]2(C)CCC[C@H]2CCCCC3)[C@H](C=O)[C@@H]1C. The maximum atomic E-state index is 14.6. The van der Waals surface area contributed by atoms with Crippen LogP contribution >= 0.6 is 0 Å². The van der Waals surface area contributed by atoms with Crippen LogP contribution in [0, 0.1) is 23.2 Å². The van der Waals surface area contributed by atoms with Crippen LogP contribution in [0.2, 0.25) is 0 Å². The van der Waals surface area contributed by atoms with Gasteiger partial charge in [-0.2, -0.15) is 0 Å². The number of aromatic nitrogens is 2. The van der Waals surface area contributed by atoms with Gasteiger partial charge >= 0.3 is 5.97 Å². The standard InChI is InChI=1S/C37H51N3O6/c1-24-31(23-41)40-22-32(24)45-34-29(38-28-16-15-26(44-4)20-30(28)39-34)14-8-5-7-12-25-13-11-19-37(25,3)46-33(42)21-27(35(40)43)36(2)17-9-6-10-18-36/h15-16,20,23-25,27,31-32H,5-14,17-19,21-22H2,1-4H3/t24-,25+,27+,31+,32-,37+/m0/s1. The van der Waals surface area contributed by atoms with Crippen molar-refractivity contribution < 1.29 is 28.6 Å². The molecule has 1 amide bonds. The van der Waals surface area contributed by atoms with Crippen LogP contribution in [-0.4, -0.2) is 64.4 Å².